The Hall–Kier alpha value is -2.43. The summed E-state index contributed by atoms with van der Waals surface area (Å²) in [7, 11) is 1.41. The fraction of sp³-hybridized carbons (Fsp3) is 0.364. The fourth-order valence-electron chi connectivity index (χ4n) is 4.01. The van der Waals surface area contributed by atoms with E-state index in [1.165, 1.54) is 26.0 Å². The molecule has 4 rings (SSSR count). The number of carbonyl (C=O) groups is 1. The first kappa shape index (κ1) is 23.7. The lowest BCUT2D eigenvalue weighted by Gasteiger charge is -2.26. The van der Waals surface area contributed by atoms with Crippen LogP contribution in [0.5, 0.6) is 17.2 Å². The van der Waals surface area contributed by atoms with Gasteiger partial charge in [0.2, 0.25) is 0 Å². The van der Waals surface area contributed by atoms with Gasteiger partial charge in [-0.2, -0.15) is 4.99 Å². The number of thioether (sulfide) groups is 1. The molecule has 33 heavy (non-hydrogen) atoms. The van der Waals surface area contributed by atoms with Crippen LogP contribution in [0.15, 0.2) is 41.4 Å². The van der Waals surface area contributed by atoms with E-state index in [9.17, 15) is 13.2 Å². The number of hydrogen-bond acceptors (Lipinski definition) is 7. The number of anilines is 1. The summed E-state index contributed by atoms with van der Waals surface area (Å²) in [5.74, 6) is 1.26. The van der Waals surface area contributed by atoms with Crippen LogP contribution in [0.3, 0.4) is 0 Å². The first-order valence-electron chi connectivity index (χ1n) is 10.1. The zero-order chi connectivity index (χ0) is 23.8. The monoisotopic (exact) mass is 510 g/mol. The van der Waals surface area contributed by atoms with Crippen LogP contribution in [0.2, 0.25) is 5.02 Å². The highest BCUT2D eigenvalue weighted by Gasteiger charge is 2.50. The molecule has 2 atom stereocenters. The SMILES string of the molecule is COc1ccc(CC(=O)N=C2S[C@H]3CS(=O)(=O)C[C@@H]3N2c2cc(Cl)ccc2OC)cc1OC. The van der Waals surface area contributed by atoms with Crippen molar-refractivity contribution in [3.63, 3.8) is 0 Å². The Morgan fingerprint density at radius 2 is 1.76 bits per heavy atom. The molecule has 2 fully saturated rings. The van der Waals surface area contributed by atoms with Gasteiger partial charge in [-0.15, -0.1) is 0 Å². The second kappa shape index (κ2) is 9.44. The number of nitrogens with zero attached hydrogens (tertiary/aromatic N) is 2. The molecule has 0 aromatic heterocycles. The minimum atomic E-state index is -3.19. The maximum Gasteiger partial charge on any atom is 0.252 e. The van der Waals surface area contributed by atoms with Crippen LogP contribution in [0.4, 0.5) is 5.69 Å². The van der Waals surface area contributed by atoms with Crippen molar-refractivity contribution in [2.75, 3.05) is 37.7 Å². The first-order valence-corrected chi connectivity index (χ1v) is 13.1. The first-order chi connectivity index (χ1) is 15.7. The topological polar surface area (TPSA) is 94.5 Å². The van der Waals surface area contributed by atoms with Crippen molar-refractivity contribution in [2.45, 2.75) is 17.7 Å². The van der Waals surface area contributed by atoms with Gasteiger partial charge in [-0.05, 0) is 35.9 Å². The van der Waals surface area contributed by atoms with E-state index < -0.39 is 9.84 Å². The number of benzene rings is 2. The molecule has 2 heterocycles. The highest BCUT2D eigenvalue weighted by molar-refractivity contribution is 8.16. The molecule has 2 aliphatic heterocycles. The molecule has 0 saturated carbocycles. The molecular weight excluding hydrogens is 488 g/mol. The lowest BCUT2D eigenvalue weighted by atomic mass is 10.1. The van der Waals surface area contributed by atoms with E-state index in [2.05, 4.69) is 4.99 Å². The number of amidine groups is 1. The number of hydrogen-bond donors (Lipinski definition) is 0. The van der Waals surface area contributed by atoms with E-state index in [1.807, 2.05) is 0 Å². The van der Waals surface area contributed by atoms with Gasteiger partial charge in [0.25, 0.3) is 5.91 Å². The van der Waals surface area contributed by atoms with Crippen molar-refractivity contribution in [3.8, 4) is 17.2 Å². The maximum atomic E-state index is 12.9. The van der Waals surface area contributed by atoms with E-state index in [-0.39, 0.29) is 35.1 Å². The molecule has 2 aromatic carbocycles. The third-order valence-corrected chi connectivity index (χ3v) is 8.94. The van der Waals surface area contributed by atoms with Crippen LogP contribution < -0.4 is 19.1 Å². The zero-order valence-electron chi connectivity index (χ0n) is 18.3. The van der Waals surface area contributed by atoms with Crippen molar-refractivity contribution in [2.24, 2.45) is 4.99 Å². The van der Waals surface area contributed by atoms with Crippen molar-refractivity contribution >= 4 is 50.0 Å². The number of halogens is 1. The molecule has 2 aromatic rings. The number of sulfone groups is 1. The largest absolute Gasteiger partial charge is 0.495 e. The maximum absolute atomic E-state index is 12.9. The minimum absolute atomic E-state index is 0.0246. The zero-order valence-corrected chi connectivity index (χ0v) is 20.7. The average molecular weight is 511 g/mol. The summed E-state index contributed by atoms with van der Waals surface area (Å²) in [5.41, 5.74) is 1.31. The predicted molar refractivity (Wildman–Crippen MR) is 130 cm³/mol. The normalized spacial score (nSPS) is 22.3. The van der Waals surface area contributed by atoms with Gasteiger partial charge in [0, 0.05) is 10.3 Å². The number of aliphatic imine (C=N–C) groups is 1. The van der Waals surface area contributed by atoms with Crippen LogP contribution in [-0.2, 0) is 21.1 Å². The van der Waals surface area contributed by atoms with Crippen molar-refractivity contribution in [1.82, 2.24) is 0 Å². The Labute approximate surface area is 201 Å². The Morgan fingerprint density at radius 1 is 1.06 bits per heavy atom. The third-order valence-electron chi connectivity index (χ3n) is 5.49. The van der Waals surface area contributed by atoms with Crippen molar-refractivity contribution in [1.29, 1.82) is 0 Å². The summed E-state index contributed by atoms with van der Waals surface area (Å²) in [6.07, 6.45) is 0.0541. The Bertz CT molecular complexity index is 1220. The van der Waals surface area contributed by atoms with Crippen LogP contribution >= 0.6 is 23.4 Å². The average Bonchev–Trinajstić information content (AvgIpc) is 3.23. The van der Waals surface area contributed by atoms with Gasteiger partial charge in [0.1, 0.15) is 5.75 Å². The number of rotatable bonds is 6. The number of methoxy groups -OCH3 is 3. The van der Waals surface area contributed by atoms with Gasteiger partial charge in [-0.25, -0.2) is 8.42 Å². The van der Waals surface area contributed by atoms with Gasteiger partial charge in [-0.1, -0.05) is 29.4 Å². The molecule has 2 aliphatic rings. The number of ether oxygens (including phenoxy) is 3. The van der Waals surface area contributed by atoms with E-state index in [4.69, 9.17) is 25.8 Å². The summed E-state index contributed by atoms with van der Waals surface area (Å²) >= 11 is 7.53. The quantitative estimate of drug-likeness (QED) is 0.584. The molecule has 0 N–H and O–H groups in total. The highest BCUT2D eigenvalue weighted by atomic mass is 35.5. The second-order valence-electron chi connectivity index (χ2n) is 7.64. The molecule has 8 nitrogen and oxygen atoms in total. The van der Waals surface area contributed by atoms with E-state index in [0.29, 0.717) is 33.1 Å². The molecule has 11 heteroatoms. The molecule has 0 spiro atoms. The van der Waals surface area contributed by atoms with Gasteiger partial charge in [0.15, 0.2) is 26.5 Å². The molecular formula is C22H23ClN2O6S2. The molecule has 176 valence electrons. The summed E-state index contributed by atoms with van der Waals surface area (Å²) in [4.78, 5) is 19.0. The lowest BCUT2D eigenvalue weighted by Crippen LogP contribution is -2.38. The van der Waals surface area contributed by atoms with Crippen LogP contribution in [0.25, 0.3) is 0 Å². The predicted octanol–water partition coefficient (Wildman–Crippen LogP) is 3.21. The standard InChI is InChI=1S/C22H23ClN2O6S2/c1-29-17-7-5-14(23)10-15(17)25-16-11-33(27,28)12-20(16)32-22(25)24-21(26)9-13-4-6-18(30-2)19(8-13)31-3/h4-8,10,16,20H,9,11-12H2,1-3H3/t16-,20-/m0/s1. The van der Waals surface area contributed by atoms with Crippen molar-refractivity contribution < 1.29 is 27.4 Å². The van der Waals surface area contributed by atoms with E-state index >= 15 is 0 Å². The van der Waals surface area contributed by atoms with Crippen LogP contribution in [0.1, 0.15) is 5.56 Å². The molecule has 0 unspecified atom stereocenters. The third kappa shape index (κ3) is 4.92. The van der Waals surface area contributed by atoms with Gasteiger partial charge in [0.05, 0.1) is 51.0 Å². The van der Waals surface area contributed by atoms with Crippen LogP contribution in [0, 0.1) is 0 Å². The smallest absolute Gasteiger partial charge is 0.252 e. The summed E-state index contributed by atoms with van der Waals surface area (Å²) in [6, 6.07) is 9.98. The van der Waals surface area contributed by atoms with Gasteiger partial charge >= 0.3 is 0 Å². The highest BCUT2D eigenvalue weighted by Crippen LogP contribution is 2.44. The number of amides is 1. The van der Waals surface area contributed by atoms with Gasteiger partial charge in [-0.3, -0.25) is 4.79 Å². The summed E-state index contributed by atoms with van der Waals surface area (Å²) in [5, 5.41) is 0.674. The van der Waals surface area contributed by atoms with Crippen LogP contribution in [-0.4, -0.2) is 63.6 Å². The Balaban J connectivity index is 1.67. The second-order valence-corrected chi connectivity index (χ2v) is 11.4. The Morgan fingerprint density at radius 3 is 2.45 bits per heavy atom. The number of carbonyl (C=O) groups excluding carboxylic acids is 1. The molecule has 2 saturated heterocycles. The molecule has 0 aliphatic carbocycles. The van der Waals surface area contributed by atoms with E-state index in [0.717, 1.165) is 5.56 Å². The minimum Gasteiger partial charge on any atom is -0.495 e. The molecule has 0 radical (unpaired) electrons. The van der Waals surface area contributed by atoms with E-state index in [1.54, 1.807) is 48.4 Å². The van der Waals surface area contributed by atoms with Crippen molar-refractivity contribution in [3.05, 3.63) is 47.0 Å². The van der Waals surface area contributed by atoms with Gasteiger partial charge < -0.3 is 19.1 Å². The Kier molecular flexibility index (Phi) is 6.78. The summed E-state index contributed by atoms with van der Waals surface area (Å²) in [6.45, 7) is 0. The lowest BCUT2D eigenvalue weighted by molar-refractivity contribution is -0.117. The fourth-order valence-corrected chi connectivity index (χ4v) is 8.10. The number of fused-ring (bicyclic) bond motifs is 1. The summed E-state index contributed by atoms with van der Waals surface area (Å²) < 4.78 is 40.6. The molecule has 0 bridgehead atoms. The molecule has 1 amide bonds.